The van der Waals surface area contributed by atoms with Gasteiger partial charge in [-0.25, -0.2) is 0 Å². The average Bonchev–Trinajstić information content (AvgIpc) is 2.81. The Morgan fingerprint density at radius 3 is 2.87 bits per heavy atom. The van der Waals surface area contributed by atoms with Crippen molar-refractivity contribution in [2.75, 3.05) is 0 Å². The molecule has 0 spiro atoms. The van der Waals surface area contributed by atoms with E-state index in [1.54, 1.807) is 0 Å². The van der Waals surface area contributed by atoms with Crippen molar-refractivity contribution >= 4 is 11.5 Å². The molecule has 1 fully saturated rings. The molecule has 1 heterocycles. The summed E-state index contributed by atoms with van der Waals surface area (Å²) in [6.07, 6.45) is 9.80. The SMILES string of the molecule is NNC(CC1CCCCC1)c1cnns1. The molecule has 0 aromatic carbocycles. The first-order chi connectivity index (χ1) is 7.40. The van der Waals surface area contributed by atoms with Gasteiger partial charge in [0.25, 0.3) is 0 Å². The molecule has 84 valence electrons. The Labute approximate surface area is 94.4 Å². The van der Waals surface area contributed by atoms with E-state index >= 15 is 0 Å². The Balaban J connectivity index is 1.90. The average molecular weight is 226 g/mol. The number of rotatable bonds is 4. The number of nitrogens with zero attached hydrogens (tertiary/aromatic N) is 2. The highest BCUT2D eigenvalue weighted by Crippen LogP contribution is 2.32. The lowest BCUT2D eigenvalue weighted by Gasteiger charge is -2.25. The van der Waals surface area contributed by atoms with Gasteiger partial charge in [0.2, 0.25) is 0 Å². The van der Waals surface area contributed by atoms with Gasteiger partial charge >= 0.3 is 0 Å². The van der Waals surface area contributed by atoms with Gasteiger partial charge in [-0.2, -0.15) is 0 Å². The minimum Gasteiger partial charge on any atom is -0.271 e. The van der Waals surface area contributed by atoms with Crippen molar-refractivity contribution in [3.63, 3.8) is 0 Å². The molecule has 4 nitrogen and oxygen atoms in total. The summed E-state index contributed by atoms with van der Waals surface area (Å²) in [6.45, 7) is 0. The first-order valence-electron chi connectivity index (χ1n) is 5.63. The number of aromatic nitrogens is 2. The number of nitrogens with two attached hydrogens (primary N) is 1. The molecule has 15 heavy (non-hydrogen) atoms. The summed E-state index contributed by atoms with van der Waals surface area (Å²) in [5.74, 6) is 6.40. The van der Waals surface area contributed by atoms with E-state index in [2.05, 4.69) is 15.0 Å². The van der Waals surface area contributed by atoms with Crippen LogP contribution in [-0.2, 0) is 0 Å². The largest absolute Gasteiger partial charge is 0.271 e. The Hall–Kier alpha value is -0.520. The minimum absolute atomic E-state index is 0.244. The zero-order valence-corrected chi connectivity index (χ0v) is 9.67. The monoisotopic (exact) mass is 226 g/mol. The van der Waals surface area contributed by atoms with Crippen LogP contribution in [-0.4, -0.2) is 9.59 Å². The molecule has 0 saturated heterocycles. The molecular formula is C10H18N4S. The molecule has 1 aromatic rings. The fourth-order valence-electron chi connectivity index (χ4n) is 2.35. The van der Waals surface area contributed by atoms with Crippen molar-refractivity contribution in [3.8, 4) is 0 Å². The molecule has 0 radical (unpaired) electrons. The van der Waals surface area contributed by atoms with E-state index in [-0.39, 0.29) is 6.04 Å². The molecule has 2 rings (SSSR count). The summed E-state index contributed by atoms with van der Waals surface area (Å²) in [4.78, 5) is 1.16. The smallest absolute Gasteiger partial charge is 0.0669 e. The van der Waals surface area contributed by atoms with Crippen LogP contribution in [0.25, 0.3) is 0 Å². The second-order valence-electron chi connectivity index (χ2n) is 4.28. The third-order valence-electron chi connectivity index (χ3n) is 3.22. The Kier molecular flexibility index (Phi) is 4.05. The highest BCUT2D eigenvalue weighted by molar-refractivity contribution is 7.05. The summed E-state index contributed by atoms with van der Waals surface area (Å²) in [6, 6.07) is 0.244. The predicted octanol–water partition coefficient (Wildman–Crippen LogP) is 2.01. The van der Waals surface area contributed by atoms with Gasteiger partial charge < -0.3 is 0 Å². The van der Waals surface area contributed by atoms with E-state index in [4.69, 9.17) is 5.84 Å². The lowest BCUT2D eigenvalue weighted by atomic mass is 9.85. The quantitative estimate of drug-likeness (QED) is 0.609. The summed E-state index contributed by atoms with van der Waals surface area (Å²) >= 11 is 1.44. The van der Waals surface area contributed by atoms with Gasteiger partial charge in [-0.15, -0.1) is 5.10 Å². The van der Waals surface area contributed by atoms with Gasteiger partial charge in [0.1, 0.15) is 0 Å². The molecule has 0 amide bonds. The van der Waals surface area contributed by atoms with Crippen molar-refractivity contribution in [3.05, 3.63) is 11.1 Å². The van der Waals surface area contributed by atoms with Crippen LogP contribution >= 0.6 is 11.5 Å². The fraction of sp³-hybridized carbons (Fsp3) is 0.800. The van der Waals surface area contributed by atoms with Gasteiger partial charge in [-0.05, 0) is 23.9 Å². The standard InChI is InChI=1S/C10H18N4S/c11-13-9(10-7-12-14-15-10)6-8-4-2-1-3-5-8/h7-9,13H,1-6,11H2. The Morgan fingerprint density at radius 2 is 2.27 bits per heavy atom. The van der Waals surface area contributed by atoms with E-state index in [1.807, 2.05) is 6.20 Å². The van der Waals surface area contributed by atoms with Crippen LogP contribution in [0.1, 0.15) is 49.4 Å². The van der Waals surface area contributed by atoms with Crippen molar-refractivity contribution in [1.29, 1.82) is 0 Å². The van der Waals surface area contributed by atoms with Crippen LogP contribution in [0.15, 0.2) is 6.20 Å². The summed E-state index contributed by atoms with van der Waals surface area (Å²) < 4.78 is 3.88. The maximum absolute atomic E-state index is 5.58. The normalized spacial score (nSPS) is 20.3. The van der Waals surface area contributed by atoms with E-state index in [1.165, 1.54) is 43.6 Å². The van der Waals surface area contributed by atoms with Crippen LogP contribution in [0.5, 0.6) is 0 Å². The highest BCUT2D eigenvalue weighted by Gasteiger charge is 2.20. The fourth-order valence-corrected chi connectivity index (χ4v) is 2.93. The van der Waals surface area contributed by atoms with E-state index < -0.39 is 0 Å². The molecular weight excluding hydrogens is 208 g/mol. The lowest BCUT2D eigenvalue weighted by molar-refractivity contribution is 0.302. The van der Waals surface area contributed by atoms with Crippen LogP contribution in [0.3, 0.4) is 0 Å². The zero-order valence-electron chi connectivity index (χ0n) is 8.85. The van der Waals surface area contributed by atoms with Crippen LogP contribution < -0.4 is 11.3 Å². The van der Waals surface area contributed by atoms with Gasteiger partial charge in [-0.1, -0.05) is 36.6 Å². The van der Waals surface area contributed by atoms with Crippen molar-refractivity contribution in [2.45, 2.75) is 44.6 Å². The highest BCUT2D eigenvalue weighted by atomic mass is 32.1. The summed E-state index contributed by atoms with van der Waals surface area (Å²) in [5, 5.41) is 3.86. The van der Waals surface area contributed by atoms with Crippen molar-refractivity contribution in [1.82, 2.24) is 15.0 Å². The van der Waals surface area contributed by atoms with Crippen LogP contribution in [0.4, 0.5) is 0 Å². The molecule has 1 saturated carbocycles. The predicted molar refractivity (Wildman–Crippen MR) is 61.2 cm³/mol. The number of hydrogen-bond acceptors (Lipinski definition) is 5. The van der Waals surface area contributed by atoms with Gasteiger partial charge in [0.05, 0.1) is 17.1 Å². The first kappa shape index (κ1) is 11.0. The van der Waals surface area contributed by atoms with Crippen LogP contribution in [0.2, 0.25) is 0 Å². The maximum atomic E-state index is 5.58. The summed E-state index contributed by atoms with van der Waals surface area (Å²) in [7, 11) is 0. The van der Waals surface area contributed by atoms with Crippen molar-refractivity contribution in [2.24, 2.45) is 11.8 Å². The Morgan fingerprint density at radius 1 is 1.47 bits per heavy atom. The van der Waals surface area contributed by atoms with Crippen molar-refractivity contribution < 1.29 is 0 Å². The topological polar surface area (TPSA) is 63.8 Å². The number of hydrazine groups is 1. The zero-order chi connectivity index (χ0) is 10.5. The number of nitrogens with one attached hydrogen (secondary N) is 1. The first-order valence-corrected chi connectivity index (χ1v) is 6.41. The van der Waals surface area contributed by atoms with Gasteiger partial charge in [0, 0.05) is 0 Å². The molecule has 1 aliphatic carbocycles. The molecule has 1 atom stereocenters. The third kappa shape index (κ3) is 2.96. The molecule has 0 bridgehead atoms. The van der Waals surface area contributed by atoms with E-state index in [9.17, 15) is 0 Å². The van der Waals surface area contributed by atoms with Gasteiger partial charge in [-0.3, -0.25) is 11.3 Å². The molecule has 1 aromatic heterocycles. The van der Waals surface area contributed by atoms with Crippen LogP contribution in [0, 0.1) is 5.92 Å². The van der Waals surface area contributed by atoms with Gasteiger partial charge in [0.15, 0.2) is 0 Å². The Bertz CT molecular complexity index is 269. The lowest BCUT2D eigenvalue weighted by Crippen LogP contribution is -2.29. The molecule has 1 aliphatic rings. The minimum atomic E-state index is 0.244. The molecule has 1 unspecified atom stereocenters. The summed E-state index contributed by atoms with van der Waals surface area (Å²) in [5.41, 5.74) is 2.88. The van der Waals surface area contributed by atoms with E-state index in [0.717, 1.165) is 17.2 Å². The second kappa shape index (κ2) is 5.53. The van der Waals surface area contributed by atoms with E-state index in [0.29, 0.717) is 0 Å². The molecule has 3 N–H and O–H groups in total. The second-order valence-corrected chi connectivity index (χ2v) is 5.10. The molecule has 0 aliphatic heterocycles. The third-order valence-corrected chi connectivity index (χ3v) is 3.99. The maximum Gasteiger partial charge on any atom is 0.0669 e. The molecule has 5 heteroatoms. The number of hydrogen-bond donors (Lipinski definition) is 2.